The lowest BCUT2D eigenvalue weighted by Crippen LogP contribution is -2.22. The number of nitrogens with one attached hydrogen (secondary N) is 1. The van der Waals surface area contributed by atoms with Crippen LogP contribution in [0, 0.1) is 5.82 Å². The molecule has 35 heavy (non-hydrogen) atoms. The first-order chi connectivity index (χ1) is 17.0. The number of benzene rings is 2. The Hall–Kier alpha value is -4.79. The van der Waals surface area contributed by atoms with E-state index in [1.807, 2.05) is 30.3 Å². The molecule has 0 aliphatic heterocycles. The van der Waals surface area contributed by atoms with Gasteiger partial charge in [0.15, 0.2) is 5.82 Å². The quantitative estimate of drug-likeness (QED) is 0.368. The average Bonchev–Trinajstić information content (AvgIpc) is 3.33. The molecule has 0 aliphatic carbocycles. The van der Waals surface area contributed by atoms with Crippen LogP contribution >= 0.6 is 0 Å². The monoisotopic (exact) mass is 468 g/mol. The molecule has 9 heteroatoms. The summed E-state index contributed by atoms with van der Waals surface area (Å²) in [5.74, 6) is 0.0812. The molecule has 0 fully saturated rings. The summed E-state index contributed by atoms with van der Waals surface area (Å²) in [5, 5.41) is 9.04. The molecule has 0 saturated heterocycles. The summed E-state index contributed by atoms with van der Waals surface area (Å²) in [6, 6.07) is 17.6. The molecule has 3 aromatic heterocycles. The van der Waals surface area contributed by atoms with Gasteiger partial charge in [-0.15, -0.1) is 0 Å². The number of hydrogen-bond acceptors (Lipinski definition) is 6. The molecule has 174 valence electrons. The second kappa shape index (κ2) is 9.60. The maximum Gasteiger partial charge on any atom is 0.255 e. The molecule has 5 aromatic rings. The largest absolute Gasteiger partial charge is 0.436 e. The fourth-order valence-electron chi connectivity index (χ4n) is 3.66. The molecule has 3 heterocycles. The van der Waals surface area contributed by atoms with E-state index >= 15 is 0 Å². The molecule has 2 aromatic carbocycles. The van der Waals surface area contributed by atoms with Gasteiger partial charge in [0.05, 0.1) is 18.3 Å². The molecule has 0 saturated carbocycles. The summed E-state index contributed by atoms with van der Waals surface area (Å²) < 4.78 is 21.0. The smallest absolute Gasteiger partial charge is 0.255 e. The molecule has 8 nitrogen and oxygen atoms in total. The van der Waals surface area contributed by atoms with Gasteiger partial charge in [0, 0.05) is 30.5 Å². The van der Waals surface area contributed by atoms with Gasteiger partial charge < -0.3 is 15.8 Å². The van der Waals surface area contributed by atoms with Gasteiger partial charge in [-0.25, -0.2) is 14.4 Å². The molecule has 0 spiro atoms. The number of aromatic nitrogens is 4. The summed E-state index contributed by atoms with van der Waals surface area (Å²) >= 11 is 0. The number of amides is 1. The lowest BCUT2D eigenvalue weighted by atomic mass is 10.1. The fourth-order valence-corrected chi connectivity index (χ4v) is 3.66. The van der Waals surface area contributed by atoms with Gasteiger partial charge in [0.25, 0.3) is 11.8 Å². The molecule has 0 atom stereocenters. The highest BCUT2D eigenvalue weighted by Gasteiger charge is 2.10. The topological polar surface area (TPSA) is 108 Å². The van der Waals surface area contributed by atoms with Crippen molar-refractivity contribution < 1.29 is 13.9 Å². The van der Waals surface area contributed by atoms with Crippen LogP contribution in [-0.4, -0.2) is 25.7 Å². The molecule has 0 bridgehead atoms. The summed E-state index contributed by atoms with van der Waals surface area (Å²) in [7, 11) is 0. The molecular weight excluding hydrogens is 447 g/mol. The first kappa shape index (κ1) is 22.0. The normalized spacial score (nSPS) is 10.9. The molecule has 1 amide bonds. The van der Waals surface area contributed by atoms with Crippen LogP contribution in [0.2, 0.25) is 0 Å². The van der Waals surface area contributed by atoms with Crippen molar-refractivity contribution in [3.05, 3.63) is 108 Å². The summed E-state index contributed by atoms with van der Waals surface area (Å²) in [6.45, 7) is 0.779. The van der Waals surface area contributed by atoms with Crippen molar-refractivity contribution in [2.45, 2.75) is 13.1 Å². The Morgan fingerprint density at radius 2 is 1.94 bits per heavy atom. The molecule has 0 radical (unpaired) electrons. The number of nitrogens with zero attached hydrogens (tertiary/aromatic N) is 4. The standard InChI is InChI=1S/C26H21FN6O2/c27-23-5-2-9-30-26(23)35-21-4-1-3-18(12-21)15-33-16-20(14-32-33)25(34)31-13-17-6-7-22-19(11-17)8-10-29-24(22)28/h1-12,14,16H,13,15H2,(H2,28,29)(H,31,34). The summed E-state index contributed by atoms with van der Waals surface area (Å²) in [4.78, 5) is 20.6. The second-order valence-electron chi connectivity index (χ2n) is 7.90. The number of rotatable bonds is 7. The highest BCUT2D eigenvalue weighted by atomic mass is 19.1. The zero-order valence-corrected chi connectivity index (χ0v) is 18.6. The van der Waals surface area contributed by atoms with E-state index in [1.165, 1.54) is 24.5 Å². The van der Waals surface area contributed by atoms with E-state index in [0.29, 0.717) is 30.2 Å². The molecule has 3 N–H and O–H groups in total. The zero-order valence-electron chi connectivity index (χ0n) is 18.6. The van der Waals surface area contributed by atoms with Crippen LogP contribution in [0.25, 0.3) is 10.8 Å². The van der Waals surface area contributed by atoms with E-state index < -0.39 is 5.82 Å². The second-order valence-corrected chi connectivity index (χ2v) is 7.90. The number of ether oxygens (including phenoxy) is 1. The highest BCUT2D eigenvalue weighted by Crippen LogP contribution is 2.23. The van der Waals surface area contributed by atoms with E-state index in [-0.39, 0.29) is 11.8 Å². The van der Waals surface area contributed by atoms with E-state index in [4.69, 9.17) is 10.5 Å². The van der Waals surface area contributed by atoms with Crippen molar-refractivity contribution in [1.82, 2.24) is 25.1 Å². The van der Waals surface area contributed by atoms with Gasteiger partial charge in [0.1, 0.15) is 11.6 Å². The van der Waals surface area contributed by atoms with Crippen LogP contribution in [0.15, 0.2) is 85.5 Å². The number of nitrogen functional groups attached to an aromatic ring is 1. The third kappa shape index (κ3) is 5.09. The van der Waals surface area contributed by atoms with Gasteiger partial charge in [-0.05, 0) is 52.9 Å². The lowest BCUT2D eigenvalue weighted by molar-refractivity contribution is 0.0951. The zero-order chi connectivity index (χ0) is 24.2. The van der Waals surface area contributed by atoms with Gasteiger partial charge in [0.2, 0.25) is 0 Å². The Balaban J connectivity index is 1.21. The van der Waals surface area contributed by atoms with Crippen molar-refractivity contribution in [1.29, 1.82) is 0 Å². The predicted molar refractivity (Wildman–Crippen MR) is 129 cm³/mol. The number of fused-ring (bicyclic) bond motifs is 1. The van der Waals surface area contributed by atoms with Crippen LogP contribution in [0.5, 0.6) is 11.6 Å². The Labute approximate surface area is 200 Å². The minimum Gasteiger partial charge on any atom is -0.436 e. The van der Waals surface area contributed by atoms with Crippen molar-refractivity contribution in [3.63, 3.8) is 0 Å². The number of carbonyl (C=O) groups is 1. The van der Waals surface area contributed by atoms with Gasteiger partial charge in [-0.2, -0.15) is 5.10 Å². The van der Waals surface area contributed by atoms with Gasteiger partial charge >= 0.3 is 0 Å². The van der Waals surface area contributed by atoms with Crippen LogP contribution in [-0.2, 0) is 13.1 Å². The van der Waals surface area contributed by atoms with Crippen molar-refractivity contribution in [2.24, 2.45) is 0 Å². The van der Waals surface area contributed by atoms with Gasteiger partial charge in [-0.3, -0.25) is 9.48 Å². The average molecular weight is 468 g/mol. The molecular formula is C26H21FN6O2. The first-order valence-electron chi connectivity index (χ1n) is 10.9. The number of hydrogen-bond donors (Lipinski definition) is 2. The van der Waals surface area contributed by atoms with Crippen LogP contribution < -0.4 is 15.8 Å². The van der Waals surface area contributed by atoms with Crippen molar-refractivity contribution in [3.8, 4) is 11.6 Å². The third-order valence-corrected chi connectivity index (χ3v) is 5.39. The third-order valence-electron chi connectivity index (χ3n) is 5.39. The summed E-state index contributed by atoms with van der Waals surface area (Å²) in [6.07, 6.45) is 6.32. The Bertz CT molecular complexity index is 1520. The van der Waals surface area contributed by atoms with Crippen molar-refractivity contribution in [2.75, 3.05) is 5.73 Å². The number of halogens is 1. The van der Waals surface area contributed by atoms with Crippen LogP contribution in [0.1, 0.15) is 21.5 Å². The minimum atomic E-state index is -0.537. The summed E-state index contributed by atoms with van der Waals surface area (Å²) in [5.41, 5.74) is 8.17. The number of nitrogens with two attached hydrogens (primary N) is 1. The van der Waals surface area contributed by atoms with Gasteiger partial charge in [-0.1, -0.05) is 24.3 Å². The highest BCUT2D eigenvalue weighted by molar-refractivity contribution is 5.94. The Morgan fingerprint density at radius 1 is 1.03 bits per heavy atom. The van der Waals surface area contributed by atoms with E-state index in [9.17, 15) is 9.18 Å². The Morgan fingerprint density at radius 3 is 2.83 bits per heavy atom. The fraction of sp³-hybridized carbons (Fsp3) is 0.0769. The van der Waals surface area contributed by atoms with Crippen LogP contribution in [0.4, 0.5) is 10.2 Å². The molecule has 5 rings (SSSR count). The van der Waals surface area contributed by atoms with Crippen LogP contribution in [0.3, 0.4) is 0 Å². The minimum absolute atomic E-state index is 0.0887. The Kier molecular flexibility index (Phi) is 6.04. The van der Waals surface area contributed by atoms with E-state index in [1.54, 1.807) is 35.3 Å². The van der Waals surface area contributed by atoms with E-state index in [0.717, 1.165) is 21.9 Å². The number of pyridine rings is 2. The molecule has 0 unspecified atom stereocenters. The predicted octanol–water partition coefficient (Wildman–Crippen LogP) is 4.32. The lowest BCUT2D eigenvalue weighted by Gasteiger charge is -2.08. The maximum atomic E-state index is 13.8. The van der Waals surface area contributed by atoms with E-state index in [2.05, 4.69) is 20.4 Å². The van der Waals surface area contributed by atoms with Crippen molar-refractivity contribution >= 4 is 22.5 Å². The first-order valence-corrected chi connectivity index (χ1v) is 10.9. The number of anilines is 1. The SMILES string of the molecule is Nc1nccc2cc(CNC(=O)c3cnn(Cc4cccc(Oc5ncccc5F)c4)c3)ccc12. The molecule has 0 aliphatic rings. The number of carbonyl (C=O) groups excluding carboxylic acids is 1. The maximum absolute atomic E-state index is 13.8.